The number of aliphatic hydroxyl groups is 1. The fourth-order valence-electron chi connectivity index (χ4n) is 3.11. The van der Waals surface area contributed by atoms with Crippen molar-refractivity contribution in [1.82, 2.24) is 10.1 Å². The number of halogens is 1. The predicted octanol–water partition coefficient (Wildman–Crippen LogP) is 2.68. The molecule has 124 valence electrons. The van der Waals surface area contributed by atoms with Crippen LogP contribution in [0.1, 0.15) is 17.0 Å². The highest BCUT2D eigenvalue weighted by atomic mass is 35.5. The number of aliphatic hydroxyl groups excluding tert-OH is 1. The monoisotopic (exact) mass is 336 g/mol. The maximum atomic E-state index is 10.3. The molecule has 23 heavy (non-hydrogen) atoms. The number of aromatic nitrogens is 1. The highest BCUT2D eigenvalue weighted by Gasteiger charge is 2.32. The highest BCUT2D eigenvalue weighted by Crippen LogP contribution is 2.27. The number of benzene rings is 1. The number of hydrogen-bond acceptors (Lipinski definition) is 5. The van der Waals surface area contributed by atoms with Crippen molar-refractivity contribution in [3.63, 3.8) is 0 Å². The second-order valence-electron chi connectivity index (χ2n) is 6.13. The number of likely N-dealkylation sites (tertiary alicyclic amines) is 1. The van der Waals surface area contributed by atoms with Crippen LogP contribution >= 0.6 is 11.6 Å². The Bertz CT molecular complexity index is 674. The van der Waals surface area contributed by atoms with E-state index in [9.17, 15) is 5.11 Å². The second-order valence-corrected chi connectivity index (χ2v) is 6.54. The summed E-state index contributed by atoms with van der Waals surface area (Å²) in [6.45, 7) is 4.14. The molecule has 3 rings (SSSR count). The van der Waals surface area contributed by atoms with Crippen LogP contribution in [0.2, 0.25) is 5.02 Å². The van der Waals surface area contributed by atoms with Crippen molar-refractivity contribution in [2.75, 3.05) is 20.2 Å². The standard InChI is InChI=1S/C17H21ClN2O3/c1-11-5-14(23-19-11)7-13-9-20(10-16(13)21)8-12-3-4-17(22-2)15(18)6-12/h3-6,13,16,21H,7-10H2,1-2H3/t13-,16+/m1/s1. The summed E-state index contributed by atoms with van der Waals surface area (Å²) in [7, 11) is 1.60. The molecule has 1 N–H and O–H groups in total. The molecular formula is C17H21ClN2O3. The van der Waals surface area contributed by atoms with Crippen molar-refractivity contribution in [2.45, 2.75) is 26.0 Å². The smallest absolute Gasteiger partial charge is 0.137 e. The van der Waals surface area contributed by atoms with E-state index in [2.05, 4.69) is 10.1 Å². The van der Waals surface area contributed by atoms with E-state index in [4.69, 9.17) is 20.9 Å². The first-order valence-electron chi connectivity index (χ1n) is 7.70. The maximum Gasteiger partial charge on any atom is 0.137 e. The van der Waals surface area contributed by atoms with E-state index >= 15 is 0 Å². The van der Waals surface area contributed by atoms with Crippen molar-refractivity contribution < 1.29 is 14.4 Å². The molecule has 0 amide bonds. The van der Waals surface area contributed by atoms with E-state index in [1.165, 1.54) is 0 Å². The summed E-state index contributed by atoms with van der Waals surface area (Å²) in [6, 6.07) is 7.72. The summed E-state index contributed by atoms with van der Waals surface area (Å²) in [5, 5.41) is 14.8. The average molecular weight is 337 g/mol. The summed E-state index contributed by atoms with van der Waals surface area (Å²) in [4.78, 5) is 2.23. The van der Waals surface area contributed by atoms with Crippen LogP contribution in [0.25, 0.3) is 0 Å². The minimum Gasteiger partial charge on any atom is -0.495 e. The quantitative estimate of drug-likeness (QED) is 0.909. The Balaban J connectivity index is 1.61. The first-order valence-corrected chi connectivity index (χ1v) is 8.08. The third-order valence-corrected chi connectivity index (χ3v) is 4.54. The van der Waals surface area contributed by atoms with Gasteiger partial charge in [0.15, 0.2) is 0 Å². The van der Waals surface area contributed by atoms with Crippen LogP contribution < -0.4 is 4.74 Å². The number of nitrogens with zero attached hydrogens (tertiary/aromatic N) is 2. The van der Waals surface area contributed by atoms with Crippen LogP contribution in [0.5, 0.6) is 5.75 Å². The Morgan fingerprint density at radius 3 is 2.87 bits per heavy atom. The van der Waals surface area contributed by atoms with E-state index in [-0.39, 0.29) is 12.0 Å². The molecule has 2 atom stereocenters. The van der Waals surface area contributed by atoms with Gasteiger partial charge in [-0.05, 0) is 24.6 Å². The van der Waals surface area contributed by atoms with E-state index in [0.29, 0.717) is 23.7 Å². The number of methoxy groups -OCH3 is 1. The van der Waals surface area contributed by atoms with Gasteiger partial charge in [0.05, 0.1) is 23.9 Å². The molecule has 1 aliphatic heterocycles. The molecular weight excluding hydrogens is 316 g/mol. The lowest BCUT2D eigenvalue weighted by atomic mass is 10.0. The van der Waals surface area contributed by atoms with Gasteiger partial charge < -0.3 is 14.4 Å². The van der Waals surface area contributed by atoms with E-state index in [0.717, 1.165) is 30.1 Å². The molecule has 0 bridgehead atoms. The highest BCUT2D eigenvalue weighted by molar-refractivity contribution is 6.32. The topological polar surface area (TPSA) is 58.7 Å². The largest absolute Gasteiger partial charge is 0.495 e. The lowest BCUT2D eigenvalue weighted by Crippen LogP contribution is -2.21. The number of rotatable bonds is 5. The first kappa shape index (κ1) is 16.3. The Kier molecular flexibility index (Phi) is 4.90. The second kappa shape index (κ2) is 6.91. The molecule has 6 heteroatoms. The Morgan fingerprint density at radius 2 is 2.22 bits per heavy atom. The number of hydrogen-bond donors (Lipinski definition) is 1. The summed E-state index contributed by atoms with van der Waals surface area (Å²) < 4.78 is 10.4. The van der Waals surface area contributed by atoms with Crippen LogP contribution in [0, 0.1) is 12.8 Å². The van der Waals surface area contributed by atoms with Crippen molar-refractivity contribution in [1.29, 1.82) is 0 Å². The van der Waals surface area contributed by atoms with Crippen LogP contribution in [0.15, 0.2) is 28.8 Å². The lowest BCUT2D eigenvalue weighted by Gasteiger charge is -2.16. The van der Waals surface area contributed by atoms with Crippen LogP contribution in [0.3, 0.4) is 0 Å². The molecule has 1 fully saturated rings. The van der Waals surface area contributed by atoms with Gasteiger partial charge in [-0.2, -0.15) is 0 Å². The molecule has 0 spiro atoms. The summed E-state index contributed by atoms with van der Waals surface area (Å²) in [6.07, 6.45) is 0.358. The normalized spacial score (nSPS) is 21.7. The van der Waals surface area contributed by atoms with E-state index < -0.39 is 0 Å². The molecule has 0 radical (unpaired) electrons. The zero-order valence-electron chi connectivity index (χ0n) is 13.3. The van der Waals surface area contributed by atoms with Crippen molar-refractivity contribution >= 4 is 11.6 Å². The molecule has 0 unspecified atom stereocenters. The van der Waals surface area contributed by atoms with Crippen LogP contribution in [-0.2, 0) is 13.0 Å². The predicted molar refractivity (Wildman–Crippen MR) is 87.7 cm³/mol. The van der Waals surface area contributed by atoms with Gasteiger partial charge in [0, 0.05) is 38.0 Å². The van der Waals surface area contributed by atoms with Crippen molar-refractivity contribution in [2.24, 2.45) is 5.92 Å². The Labute approximate surface area is 140 Å². The molecule has 2 heterocycles. The van der Waals surface area contributed by atoms with Gasteiger partial charge in [0.1, 0.15) is 11.5 Å². The Hall–Kier alpha value is -1.56. The number of β-amino-alcohol motifs (C(OH)–C–C–N with tert-alkyl or cyclic N) is 1. The molecule has 1 saturated heterocycles. The third-order valence-electron chi connectivity index (χ3n) is 4.24. The number of aryl methyl sites for hydroxylation is 1. The molecule has 1 aromatic heterocycles. The number of ether oxygens (including phenoxy) is 1. The average Bonchev–Trinajstić information content (AvgIpc) is 3.06. The van der Waals surface area contributed by atoms with Gasteiger partial charge >= 0.3 is 0 Å². The molecule has 0 saturated carbocycles. The zero-order valence-corrected chi connectivity index (χ0v) is 14.1. The van der Waals surface area contributed by atoms with Gasteiger partial charge in [-0.1, -0.05) is 22.8 Å². The molecule has 1 aliphatic rings. The van der Waals surface area contributed by atoms with Gasteiger partial charge in [-0.15, -0.1) is 0 Å². The summed E-state index contributed by atoms with van der Waals surface area (Å²) in [5.74, 6) is 1.67. The van der Waals surface area contributed by atoms with Crippen molar-refractivity contribution in [3.8, 4) is 5.75 Å². The van der Waals surface area contributed by atoms with Crippen molar-refractivity contribution in [3.05, 3.63) is 46.3 Å². The van der Waals surface area contributed by atoms with Crippen LogP contribution in [0.4, 0.5) is 0 Å². The summed E-state index contributed by atoms with van der Waals surface area (Å²) in [5.41, 5.74) is 1.98. The SMILES string of the molecule is COc1ccc(CN2C[C@@H](Cc3cc(C)no3)[C@@H](O)C2)cc1Cl. The molecule has 5 nitrogen and oxygen atoms in total. The van der Waals surface area contributed by atoms with Gasteiger partial charge in [-0.3, -0.25) is 4.90 Å². The minimum absolute atomic E-state index is 0.163. The first-order chi connectivity index (χ1) is 11.0. The maximum absolute atomic E-state index is 10.3. The fourth-order valence-corrected chi connectivity index (χ4v) is 3.39. The van der Waals surface area contributed by atoms with Gasteiger partial charge in [0.2, 0.25) is 0 Å². The molecule has 0 aliphatic carbocycles. The van der Waals surface area contributed by atoms with Crippen LogP contribution in [-0.4, -0.2) is 41.5 Å². The summed E-state index contributed by atoms with van der Waals surface area (Å²) >= 11 is 6.17. The molecule has 1 aromatic carbocycles. The lowest BCUT2D eigenvalue weighted by molar-refractivity contribution is 0.137. The molecule has 2 aromatic rings. The zero-order chi connectivity index (χ0) is 16.4. The van der Waals surface area contributed by atoms with Gasteiger partial charge in [-0.25, -0.2) is 0 Å². The van der Waals surface area contributed by atoms with Gasteiger partial charge in [0.25, 0.3) is 0 Å². The Morgan fingerprint density at radius 1 is 1.39 bits per heavy atom. The van der Waals surface area contributed by atoms with E-state index in [1.807, 2.05) is 31.2 Å². The third kappa shape index (κ3) is 3.86. The fraction of sp³-hybridized carbons (Fsp3) is 0.471. The van der Waals surface area contributed by atoms with E-state index in [1.54, 1.807) is 7.11 Å². The minimum atomic E-state index is -0.353.